The summed E-state index contributed by atoms with van der Waals surface area (Å²) in [5.74, 6) is -0.171. The summed E-state index contributed by atoms with van der Waals surface area (Å²) in [6, 6.07) is 4.05. The Bertz CT molecular complexity index is 694. The summed E-state index contributed by atoms with van der Waals surface area (Å²) in [5.41, 5.74) is 0.153. The van der Waals surface area contributed by atoms with Crippen LogP contribution in [-0.2, 0) is 14.3 Å². The molecule has 2 N–H and O–H groups in total. The summed E-state index contributed by atoms with van der Waals surface area (Å²) in [4.78, 5) is 35.7. The Kier molecular flexibility index (Phi) is 7.54. The summed E-state index contributed by atoms with van der Waals surface area (Å²) >= 11 is 0. The van der Waals surface area contributed by atoms with Crippen molar-refractivity contribution in [3.05, 3.63) is 28.3 Å². The molecule has 0 saturated carbocycles. The number of nitro benzene ring substituents is 1. The Morgan fingerprint density at radius 1 is 1.41 bits per heavy atom. The highest BCUT2D eigenvalue weighted by Gasteiger charge is 2.29. The van der Waals surface area contributed by atoms with Crippen LogP contribution in [0.4, 0.5) is 11.4 Å². The second-order valence-electron chi connectivity index (χ2n) is 6.49. The predicted octanol–water partition coefficient (Wildman–Crippen LogP) is 0.790. The molecule has 9 heteroatoms. The molecule has 1 aliphatic heterocycles. The molecule has 1 heterocycles. The van der Waals surface area contributed by atoms with Crippen molar-refractivity contribution in [2.75, 3.05) is 38.7 Å². The minimum Gasteiger partial charge on any atom is -0.495 e. The van der Waals surface area contributed by atoms with E-state index in [2.05, 4.69) is 5.32 Å². The highest BCUT2D eigenvalue weighted by atomic mass is 16.6. The third-order valence-electron chi connectivity index (χ3n) is 4.61. The molecule has 9 nitrogen and oxygen atoms in total. The van der Waals surface area contributed by atoms with E-state index in [1.54, 1.807) is 6.92 Å². The summed E-state index contributed by atoms with van der Waals surface area (Å²) in [5, 5.41) is 13.6. The Morgan fingerprint density at radius 3 is 2.85 bits per heavy atom. The van der Waals surface area contributed by atoms with Crippen LogP contribution >= 0.6 is 0 Å². The molecule has 1 aromatic rings. The van der Waals surface area contributed by atoms with Crippen molar-refractivity contribution in [2.45, 2.75) is 26.2 Å². The molecule has 0 aliphatic carbocycles. The maximum atomic E-state index is 12.3. The molecular formula is C18H26N3O6+. The molecular weight excluding hydrogens is 354 g/mol. The van der Waals surface area contributed by atoms with Gasteiger partial charge < -0.3 is 19.7 Å². The number of nitro groups is 1. The molecule has 1 amide bonds. The largest absolute Gasteiger partial charge is 0.495 e. The number of amides is 1. The van der Waals surface area contributed by atoms with Gasteiger partial charge in [-0.2, -0.15) is 0 Å². The van der Waals surface area contributed by atoms with Crippen LogP contribution in [0.5, 0.6) is 5.75 Å². The van der Waals surface area contributed by atoms with Gasteiger partial charge in [-0.15, -0.1) is 0 Å². The molecule has 0 bridgehead atoms. The van der Waals surface area contributed by atoms with Crippen molar-refractivity contribution in [1.29, 1.82) is 0 Å². The van der Waals surface area contributed by atoms with Gasteiger partial charge in [0.25, 0.3) is 5.69 Å². The van der Waals surface area contributed by atoms with E-state index in [1.807, 2.05) is 0 Å². The third kappa shape index (κ3) is 5.92. The maximum Gasteiger partial charge on any atom is 0.314 e. The van der Waals surface area contributed by atoms with Crippen LogP contribution in [-0.4, -0.2) is 50.2 Å². The number of hydrogen-bond acceptors (Lipinski definition) is 6. The van der Waals surface area contributed by atoms with Crippen LogP contribution in [0, 0.1) is 16.0 Å². The fourth-order valence-electron chi connectivity index (χ4n) is 3.25. The number of carbonyl (C=O) groups is 2. The number of nitrogens with one attached hydrogen (secondary N) is 2. The highest BCUT2D eigenvalue weighted by molar-refractivity contribution is 5.92. The Hall–Kier alpha value is -2.68. The average Bonchev–Trinajstić information content (AvgIpc) is 2.66. The first-order chi connectivity index (χ1) is 12.9. The smallest absolute Gasteiger partial charge is 0.314 e. The first-order valence-corrected chi connectivity index (χ1v) is 9.07. The zero-order valence-electron chi connectivity index (χ0n) is 15.7. The first kappa shape index (κ1) is 20.6. The van der Waals surface area contributed by atoms with Crippen molar-refractivity contribution in [3.63, 3.8) is 0 Å². The van der Waals surface area contributed by atoms with Crippen molar-refractivity contribution in [1.82, 2.24) is 0 Å². The molecule has 2 atom stereocenters. The minimum absolute atomic E-state index is 0.117. The number of non-ortho nitro benzene ring substituents is 1. The van der Waals surface area contributed by atoms with Crippen molar-refractivity contribution in [2.24, 2.45) is 5.92 Å². The van der Waals surface area contributed by atoms with Gasteiger partial charge in [-0.3, -0.25) is 19.7 Å². The van der Waals surface area contributed by atoms with E-state index in [9.17, 15) is 19.7 Å². The number of piperidine rings is 1. The van der Waals surface area contributed by atoms with E-state index in [1.165, 1.54) is 30.2 Å². The number of esters is 1. The molecule has 0 spiro atoms. The lowest BCUT2D eigenvalue weighted by Gasteiger charge is -2.28. The standard InChI is InChI=1S/C18H25N3O6/c1-3-27-18(23)13-5-4-9-20(12-13)10-8-17(22)19-15-11-14(21(24)25)6-7-16(15)26-2/h6-7,11,13H,3-5,8-10,12H2,1-2H3,(H,19,22)/p+1/t13-/m0/s1. The average molecular weight is 380 g/mol. The zero-order chi connectivity index (χ0) is 19.8. The van der Waals surface area contributed by atoms with E-state index in [-0.39, 0.29) is 35.6 Å². The number of likely N-dealkylation sites (tertiary alicyclic amines) is 1. The van der Waals surface area contributed by atoms with Crippen molar-refractivity contribution in [3.8, 4) is 5.75 Å². The Labute approximate surface area is 157 Å². The normalized spacial score (nSPS) is 19.2. The van der Waals surface area contributed by atoms with E-state index in [0.717, 1.165) is 19.4 Å². The lowest BCUT2D eigenvalue weighted by molar-refractivity contribution is -0.906. The quantitative estimate of drug-likeness (QED) is 0.392. The minimum atomic E-state index is -0.525. The van der Waals surface area contributed by atoms with Crippen LogP contribution < -0.4 is 15.0 Å². The number of hydrogen-bond donors (Lipinski definition) is 2. The van der Waals surface area contributed by atoms with Gasteiger partial charge in [0.15, 0.2) is 0 Å². The van der Waals surface area contributed by atoms with Crippen LogP contribution in [0.15, 0.2) is 18.2 Å². The van der Waals surface area contributed by atoms with Crippen LogP contribution in [0.2, 0.25) is 0 Å². The molecule has 1 fully saturated rings. The van der Waals surface area contributed by atoms with Gasteiger partial charge >= 0.3 is 5.97 Å². The van der Waals surface area contributed by atoms with E-state index >= 15 is 0 Å². The number of quaternary nitrogens is 1. The van der Waals surface area contributed by atoms with Crippen molar-refractivity contribution < 1.29 is 28.9 Å². The van der Waals surface area contributed by atoms with E-state index in [0.29, 0.717) is 25.4 Å². The first-order valence-electron chi connectivity index (χ1n) is 9.07. The van der Waals surface area contributed by atoms with Crippen LogP contribution in [0.25, 0.3) is 0 Å². The number of nitrogens with zero attached hydrogens (tertiary/aromatic N) is 1. The fourth-order valence-corrected chi connectivity index (χ4v) is 3.25. The molecule has 0 aromatic heterocycles. The summed E-state index contributed by atoms with van der Waals surface area (Å²) in [7, 11) is 1.43. The summed E-state index contributed by atoms with van der Waals surface area (Å²) in [6.45, 7) is 4.31. The lowest BCUT2D eigenvalue weighted by Crippen LogP contribution is -3.13. The monoisotopic (exact) mass is 380 g/mol. The molecule has 0 radical (unpaired) electrons. The van der Waals surface area contributed by atoms with Gasteiger partial charge in [-0.1, -0.05) is 0 Å². The number of methoxy groups -OCH3 is 1. The fraction of sp³-hybridized carbons (Fsp3) is 0.556. The molecule has 2 rings (SSSR count). The Balaban J connectivity index is 1.90. The zero-order valence-corrected chi connectivity index (χ0v) is 15.7. The maximum absolute atomic E-state index is 12.3. The van der Waals surface area contributed by atoms with Crippen LogP contribution in [0.3, 0.4) is 0 Å². The van der Waals surface area contributed by atoms with E-state index < -0.39 is 4.92 Å². The highest BCUT2D eigenvalue weighted by Crippen LogP contribution is 2.28. The van der Waals surface area contributed by atoms with Gasteiger partial charge in [0.05, 0.1) is 50.4 Å². The van der Waals surface area contributed by atoms with Crippen LogP contribution in [0.1, 0.15) is 26.2 Å². The number of ether oxygens (including phenoxy) is 2. The molecule has 1 aromatic carbocycles. The second-order valence-corrected chi connectivity index (χ2v) is 6.49. The number of anilines is 1. The molecule has 1 saturated heterocycles. The SMILES string of the molecule is CCOC(=O)[C@H]1CCC[NH+](CCC(=O)Nc2cc([N+](=O)[O-])ccc2OC)C1. The van der Waals surface area contributed by atoms with Gasteiger partial charge in [-0.05, 0) is 25.8 Å². The van der Waals surface area contributed by atoms with Gasteiger partial charge in [0.2, 0.25) is 5.91 Å². The van der Waals surface area contributed by atoms with E-state index in [4.69, 9.17) is 9.47 Å². The van der Waals surface area contributed by atoms with Gasteiger partial charge in [0.1, 0.15) is 11.7 Å². The molecule has 27 heavy (non-hydrogen) atoms. The number of rotatable bonds is 8. The predicted molar refractivity (Wildman–Crippen MR) is 97.8 cm³/mol. The van der Waals surface area contributed by atoms with Gasteiger partial charge in [-0.25, -0.2) is 0 Å². The Morgan fingerprint density at radius 2 is 2.19 bits per heavy atom. The second kappa shape index (κ2) is 9.86. The number of carbonyl (C=O) groups excluding carboxylic acids is 2. The number of benzene rings is 1. The molecule has 148 valence electrons. The topological polar surface area (TPSA) is 112 Å². The lowest BCUT2D eigenvalue weighted by atomic mass is 9.98. The van der Waals surface area contributed by atoms with Gasteiger partial charge in [0, 0.05) is 12.1 Å². The summed E-state index contributed by atoms with van der Waals surface area (Å²) < 4.78 is 10.2. The van der Waals surface area contributed by atoms with Crippen molar-refractivity contribution >= 4 is 23.3 Å². The summed E-state index contributed by atoms with van der Waals surface area (Å²) in [6.07, 6.45) is 1.98. The molecule has 1 aliphatic rings. The third-order valence-corrected chi connectivity index (χ3v) is 4.61. The molecule has 1 unspecified atom stereocenters.